The normalized spacial score (nSPS) is 11.1. The van der Waals surface area contributed by atoms with Crippen LogP contribution in [0.15, 0.2) is 90.0 Å². The van der Waals surface area contributed by atoms with E-state index in [9.17, 15) is 36.3 Å². The molecule has 0 saturated heterocycles. The highest BCUT2D eigenvalue weighted by atomic mass is 32.2. The van der Waals surface area contributed by atoms with E-state index in [1.165, 1.54) is 30.1 Å². The number of hydrogen-bond donors (Lipinski definition) is 0. The zero-order valence-corrected chi connectivity index (χ0v) is 23.8. The van der Waals surface area contributed by atoms with Gasteiger partial charge in [-0.25, -0.2) is 18.4 Å². The molecule has 1 amide bonds. The number of thioether (sulfide) groups is 1. The Morgan fingerprint density at radius 2 is 1.64 bits per heavy atom. The molecule has 1 aromatic heterocycles. The van der Waals surface area contributed by atoms with E-state index < -0.39 is 42.2 Å². The second-order valence-corrected chi connectivity index (χ2v) is 10.1. The van der Waals surface area contributed by atoms with Crippen molar-refractivity contribution in [2.24, 2.45) is 0 Å². The maximum Gasteiger partial charge on any atom is 0.491 e. The van der Waals surface area contributed by atoms with Crippen molar-refractivity contribution < 1.29 is 45.8 Å². The van der Waals surface area contributed by atoms with Gasteiger partial charge >= 0.3 is 18.1 Å². The van der Waals surface area contributed by atoms with Crippen LogP contribution in [0.1, 0.15) is 21.6 Å². The zero-order chi connectivity index (χ0) is 31.9. The Morgan fingerprint density at radius 1 is 0.909 bits per heavy atom. The summed E-state index contributed by atoms with van der Waals surface area (Å²) in [5.74, 6) is -6.42. The molecule has 3 aromatic carbocycles. The fraction of sp³-hybridized carbons (Fsp3) is 0.161. The van der Waals surface area contributed by atoms with Gasteiger partial charge in [-0.05, 0) is 71.5 Å². The first-order valence-corrected chi connectivity index (χ1v) is 14.0. The van der Waals surface area contributed by atoms with Crippen molar-refractivity contribution in [2.75, 3.05) is 12.8 Å². The number of hydrogen-bond acceptors (Lipinski definition) is 7. The Labute approximate surface area is 252 Å². The Bertz CT molecular complexity index is 1650. The van der Waals surface area contributed by atoms with Crippen LogP contribution in [0.3, 0.4) is 0 Å². The number of halogens is 5. The topological polar surface area (TPSA) is 85.8 Å². The van der Waals surface area contributed by atoms with Crippen LogP contribution in [0, 0.1) is 11.6 Å². The summed E-state index contributed by atoms with van der Waals surface area (Å²) in [6, 6.07) is 19.9. The summed E-state index contributed by atoms with van der Waals surface area (Å²) >= 11 is 1.28. The van der Waals surface area contributed by atoms with Gasteiger partial charge in [0, 0.05) is 16.7 Å². The first kappa shape index (κ1) is 32.1. The fourth-order valence-corrected chi connectivity index (χ4v) is 4.65. The molecule has 4 rings (SSSR count). The number of nitrogens with zero attached hydrogens (tertiary/aromatic N) is 2. The molecular weight excluding hydrogens is 607 g/mol. The lowest BCUT2D eigenvalue weighted by Gasteiger charge is -2.22. The minimum atomic E-state index is -5.38. The van der Waals surface area contributed by atoms with Crippen molar-refractivity contribution >= 4 is 29.6 Å². The first-order chi connectivity index (χ1) is 20.9. The molecule has 0 radical (unpaired) electrons. The number of carbonyl (C=O) groups excluding carboxylic acids is 3. The lowest BCUT2D eigenvalue weighted by atomic mass is 10.1. The number of alkyl halides is 3. The van der Waals surface area contributed by atoms with Crippen LogP contribution in [0.4, 0.5) is 22.0 Å². The van der Waals surface area contributed by atoms with Gasteiger partial charge in [0.1, 0.15) is 18.9 Å². The molecule has 0 aliphatic heterocycles. The van der Waals surface area contributed by atoms with Gasteiger partial charge in [-0.1, -0.05) is 30.3 Å². The SMILES string of the molecule is CSc1cc(F)c(F)cc1-c1ccc(OCc2cccc(C(=O)N(CC(=O)OC(=O)C(F)(F)F)Cc3ccccn3)c2)cc1. The second kappa shape index (κ2) is 14.1. The molecule has 228 valence electrons. The van der Waals surface area contributed by atoms with Crippen molar-refractivity contribution in [1.82, 2.24) is 9.88 Å². The van der Waals surface area contributed by atoms with Crippen LogP contribution in [-0.4, -0.2) is 46.7 Å². The number of aromatic nitrogens is 1. The van der Waals surface area contributed by atoms with Crippen LogP contribution in [-0.2, 0) is 27.5 Å². The summed E-state index contributed by atoms with van der Waals surface area (Å²) in [5.41, 5.74) is 2.16. The van der Waals surface area contributed by atoms with Gasteiger partial charge in [0.2, 0.25) is 0 Å². The molecule has 0 aliphatic carbocycles. The molecule has 0 aliphatic rings. The third kappa shape index (κ3) is 8.40. The summed E-state index contributed by atoms with van der Waals surface area (Å²) in [5, 5.41) is 0. The Balaban J connectivity index is 1.47. The van der Waals surface area contributed by atoms with Crippen LogP contribution < -0.4 is 4.74 Å². The van der Waals surface area contributed by atoms with Gasteiger partial charge in [0.25, 0.3) is 5.91 Å². The Kier molecular flexibility index (Phi) is 10.3. The van der Waals surface area contributed by atoms with Crippen LogP contribution in [0.2, 0.25) is 0 Å². The summed E-state index contributed by atoms with van der Waals surface area (Å²) in [7, 11) is 0. The highest BCUT2D eigenvalue weighted by Crippen LogP contribution is 2.33. The lowest BCUT2D eigenvalue weighted by Crippen LogP contribution is -2.38. The Hall–Kier alpha value is -4.78. The smallest absolute Gasteiger partial charge is 0.489 e. The van der Waals surface area contributed by atoms with Crippen molar-refractivity contribution in [3.05, 3.63) is 114 Å². The highest BCUT2D eigenvalue weighted by Gasteiger charge is 2.42. The van der Waals surface area contributed by atoms with E-state index in [0.29, 0.717) is 33.0 Å². The summed E-state index contributed by atoms with van der Waals surface area (Å²) in [6.07, 6.45) is -2.19. The van der Waals surface area contributed by atoms with Crippen LogP contribution in [0.5, 0.6) is 5.75 Å². The van der Waals surface area contributed by atoms with E-state index in [0.717, 1.165) is 17.0 Å². The monoisotopic (exact) mass is 630 g/mol. The van der Waals surface area contributed by atoms with E-state index in [1.807, 2.05) is 0 Å². The summed E-state index contributed by atoms with van der Waals surface area (Å²) < 4.78 is 74.9. The second-order valence-electron chi connectivity index (χ2n) is 9.22. The molecule has 4 aromatic rings. The molecule has 0 fully saturated rings. The summed E-state index contributed by atoms with van der Waals surface area (Å²) in [4.78, 5) is 42.1. The molecule has 44 heavy (non-hydrogen) atoms. The predicted octanol–water partition coefficient (Wildman–Crippen LogP) is 6.60. The van der Waals surface area contributed by atoms with Crippen molar-refractivity contribution in [3.63, 3.8) is 0 Å². The average molecular weight is 631 g/mol. The highest BCUT2D eigenvalue weighted by molar-refractivity contribution is 7.98. The van der Waals surface area contributed by atoms with Crippen molar-refractivity contribution in [3.8, 4) is 16.9 Å². The molecule has 7 nitrogen and oxygen atoms in total. The van der Waals surface area contributed by atoms with Crippen molar-refractivity contribution in [2.45, 2.75) is 24.2 Å². The number of pyridine rings is 1. The van der Waals surface area contributed by atoms with Gasteiger partial charge in [0.05, 0.1) is 12.2 Å². The molecule has 0 unspecified atom stereocenters. The standard InChI is InChI=1S/C31H23F5N2O5S/c1-44-27-15-26(33)25(32)14-24(27)20-8-10-23(11-9-20)42-18-19-5-4-6-21(13-19)29(40)38(16-22-7-2-3-12-37-22)17-28(39)43-30(41)31(34,35)36/h2-15H,16-18H2,1H3. The van der Waals surface area contributed by atoms with Gasteiger partial charge in [0.15, 0.2) is 11.6 Å². The van der Waals surface area contributed by atoms with Gasteiger partial charge in [-0.15, -0.1) is 11.8 Å². The van der Waals surface area contributed by atoms with Gasteiger partial charge in [-0.3, -0.25) is 9.78 Å². The minimum Gasteiger partial charge on any atom is -0.489 e. The maximum atomic E-state index is 13.9. The van der Waals surface area contributed by atoms with E-state index in [2.05, 4.69) is 9.72 Å². The molecular formula is C31H23F5N2O5S. The van der Waals surface area contributed by atoms with Crippen LogP contribution in [0.25, 0.3) is 11.1 Å². The first-order valence-electron chi connectivity index (χ1n) is 12.8. The number of rotatable bonds is 10. The maximum absolute atomic E-state index is 13.9. The average Bonchev–Trinajstić information content (AvgIpc) is 3.01. The molecule has 13 heteroatoms. The minimum absolute atomic E-state index is 0.0179. The number of benzene rings is 3. The van der Waals surface area contributed by atoms with Gasteiger partial charge in [-0.2, -0.15) is 13.2 Å². The van der Waals surface area contributed by atoms with Crippen molar-refractivity contribution in [1.29, 1.82) is 0 Å². The van der Waals surface area contributed by atoms with E-state index in [4.69, 9.17) is 4.74 Å². The van der Waals surface area contributed by atoms with Crippen LogP contribution >= 0.6 is 11.8 Å². The van der Waals surface area contributed by atoms with E-state index >= 15 is 0 Å². The molecule has 0 spiro atoms. The molecule has 0 N–H and O–H groups in total. The van der Waals surface area contributed by atoms with Gasteiger partial charge < -0.3 is 14.4 Å². The zero-order valence-electron chi connectivity index (χ0n) is 22.9. The molecule has 0 atom stereocenters. The molecule has 0 bridgehead atoms. The third-order valence-electron chi connectivity index (χ3n) is 6.11. The van der Waals surface area contributed by atoms with E-state index in [1.54, 1.807) is 60.9 Å². The molecule has 1 heterocycles. The largest absolute Gasteiger partial charge is 0.491 e. The molecule has 0 saturated carbocycles. The number of amides is 1. The number of carbonyl (C=O) groups is 3. The fourth-order valence-electron chi connectivity index (χ4n) is 4.03. The van der Waals surface area contributed by atoms with E-state index in [-0.39, 0.29) is 18.7 Å². The summed E-state index contributed by atoms with van der Waals surface area (Å²) in [6.45, 7) is -1.18. The third-order valence-corrected chi connectivity index (χ3v) is 6.89. The number of esters is 2. The quantitative estimate of drug-likeness (QED) is 0.0845. The predicted molar refractivity (Wildman–Crippen MR) is 150 cm³/mol. The number of ether oxygens (including phenoxy) is 2. The lowest BCUT2D eigenvalue weighted by molar-refractivity contribution is -0.202. The Morgan fingerprint density at radius 3 is 2.30 bits per heavy atom.